The van der Waals surface area contributed by atoms with Gasteiger partial charge in [-0.05, 0) is 56.9 Å². The van der Waals surface area contributed by atoms with Crippen LogP contribution in [-0.4, -0.2) is 75.6 Å². The summed E-state index contributed by atoms with van der Waals surface area (Å²) < 4.78 is 24.3. The third kappa shape index (κ3) is 2.26. The van der Waals surface area contributed by atoms with Crippen LogP contribution in [0, 0.1) is 28.6 Å². The average Bonchev–Trinajstić information content (AvgIpc) is 3.22. The number of aliphatic hydroxyl groups is 2. The molecule has 7 rings (SSSR count). The van der Waals surface area contributed by atoms with Crippen LogP contribution in [0.4, 0.5) is 0 Å². The van der Waals surface area contributed by atoms with Crippen LogP contribution in [0.15, 0.2) is 23.8 Å². The number of ketones is 2. The van der Waals surface area contributed by atoms with E-state index in [0.29, 0.717) is 6.42 Å². The number of Topliss-reactive ketones (excluding diaryl/α,β-unsaturated/α-hetero) is 1. The molecule has 4 heterocycles. The summed E-state index contributed by atoms with van der Waals surface area (Å²) in [5, 5.41) is 24.0. The van der Waals surface area contributed by atoms with E-state index in [9.17, 15) is 29.4 Å². The molecule has 10 heteroatoms. The van der Waals surface area contributed by atoms with Gasteiger partial charge in [0.2, 0.25) is 5.79 Å². The van der Waals surface area contributed by atoms with Crippen LogP contribution in [0.1, 0.15) is 52.9 Å². The number of hydrogen-bond donors (Lipinski definition) is 2. The van der Waals surface area contributed by atoms with Crippen molar-refractivity contribution in [3.05, 3.63) is 23.8 Å². The summed E-state index contributed by atoms with van der Waals surface area (Å²) in [6, 6.07) is 0. The molecule has 2 N–H and O–H groups in total. The minimum atomic E-state index is -2.28. The van der Waals surface area contributed by atoms with Crippen molar-refractivity contribution in [2.75, 3.05) is 7.11 Å². The summed E-state index contributed by atoms with van der Waals surface area (Å²) >= 11 is 0. The Morgan fingerprint density at radius 2 is 1.87 bits per heavy atom. The lowest BCUT2D eigenvalue weighted by atomic mass is 9.48. The predicted octanol–water partition coefficient (Wildman–Crippen LogP) is 0.918. The van der Waals surface area contributed by atoms with E-state index < -0.39 is 81.1 Å². The lowest BCUT2D eigenvalue weighted by molar-refractivity contribution is -0.353. The van der Waals surface area contributed by atoms with Gasteiger partial charge in [-0.25, -0.2) is 4.79 Å². The van der Waals surface area contributed by atoms with Crippen LogP contribution >= 0.6 is 0 Å². The van der Waals surface area contributed by atoms with Gasteiger partial charge < -0.3 is 29.2 Å². The van der Waals surface area contributed by atoms with Crippen molar-refractivity contribution in [1.82, 2.24) is 0 Å². The second kappa shape index (κ2) is 6.83. The van der Waals surface area contributed by atoms with Gasteiger partial charge in [0.05, 0.1) is 29.8 Å². The van der Waals surface area contributed by atoms with Crippen molar-refractivity contribution in [2.24, 2.45) is 28.6 Å². The number of allylic oxidation sites excluding steroid dienone is 3. The van der Waals surface area contributed by atoms with Gasteiger partial charge in [0.15, 0.2) is 28.4 Å². The maximum absolute atomic E-state index is 14.8. The smallest absolute Gasteiger partial charge is 0.342 e. The first-order valence-corrected chi connectivity index (χ1v) is 13.3. The van der Waals surface area contributed by atoms with Crippen molar-refractivity contribution in [3.8, 4) is 0 Å². The van der Waals surface area contributed by atoms with E-state index >= 15 is 0 Å². The van der Waals surface area contributed by atoms with Crippen molar-refractivity contribution >= 4 is 23.5 Å². The maximum atomic E-state index is 14.8. The molecule has 3 aliphatic carbocycles. The van der Waals surface area contributed by atoms with E-state index in [1.807, 2.05) is 0 Å². The van der Waals surface area contributed by atoms with E-state index in [0.717, 1.165) is 5.57 Å². The molecule has 4 aliphatic heterocycles. The minimum Gasteiger partial charge on any atom is -0.458 e. The molecule has 11 atom stereocenters. The van der Waals surface area contributed by atoms with Crippen molar-refractivity contribution in [2.45, 2.75) is 87.7 Å². The van der Waals surface area contributed by atoms with E-state index in [-0.39, 0.29) is 31.5 Å². The van der Waals surface area contributed by atoms with Crippen LogP contribution in [0.3, 0.4) is 0 Å². The highest BCUT2D eigenvalue weighted by Gasteiger charge is 2.91. The normalized spacial score (nSPS) is 56.2. The number of rotatable bonds is 1. The summed E-state index contributed by atoms with van der Waals surface area (Å²) in [4.78, 5) is 54.7. The largest absolute Gasteiger partial charge is 0.458 e. The third-order valence-electron chi connectivity index (χ3n) is 11.4. The second-order valence-electron chi connectivity index (χ2n) is 12.9. The molecule has 4 saturated heterocycles. The third-order valence-corrected chi connectivity index (χ3v) is 11.4. The summed E-state index contributed by atoms with van der Waals surface area (Å²) in [7, 11) is 1.30. The summed E-state index contributed by atoms with van der Waals surface area (Å²) in [5.74, 6) is -7.25. The van der Waals surface area contributed by atoms with Gasteiger partial charge in [0.25, 0.3) is 0 Å². The SMILES string of the molecule is COC12OC34C(C1=O)C1(C)CC(=O)OC(C1)C3(C)OC(=O)C4(O)CCC1C2C(O)C=C2CC=CC(=O)C21C. The number of esters is 2. The zero-order chi connectivity index (χ0) is 27.3. The molecule has 204 valence electrons. The Labute approximate surface area is 219 Å². The molecule has 0 aromatic heterocycles. The zero-order valence-corrected chi connectivity index (χ0v) is 21.8. The Bertz CT molecular complexity index is 1290. The molecule has 0 aromatic rings. The molecule has 7 aliphatic rings. The van der Waals surface area contributed by atoms with Gasteiger partial charge in [-0.3, -0.25) is 14.4 Å². The summed E-state index contributed by atoms with van der Waals surface area (Å²) in [5.41, 5.74) is -7.33. The van der Waals surface area contributed by atoms with Crippen LogP contribution in [-0.2, 0) is 38.1 Å². The van der Waals surface area contributed by atoms with Crippen LogP contribution in [0.2, 0.25) is 0 Å². The fourth-order valence-electron chi connectivity index (χ4n) is 9.59. The second-order valence-corrected chi connectivity index (χ2v) is 12.9. The van der Waals surface area contributed by atoms with E-state index in [1.54, 1.807) is 32.9 Å². The summed E-state index contributed by atoms with van der Waals surface area (Å²) in [6.45, 7) is 5.09. The first-order chi connectivity index (χ1) is 17.7. The fourth-order valence-corrected chi connectivity index (χ4v) is 9.59. The number of ether oxygens (including phenoxy) is 4. The molecule has 1 saturated carbocycles. The van der Waals surface area contributed by atoms with Gasteiger partial charge in [-0.2, -0.15) is 0 Å². The first-order valence-electron chi connectivity index (χ1n) is 13.3. The molecule has 5 fully saturated rings. The molecule has 1 spiro atoms. The molecular formula is C28H32O10. The van der Waals surface area contributed by atoms with Gasteiger partial charge >= 0.3 is 11.9 Å². The van der Waals surface area contributed by atoms with Crippen molar-refractivity contribution in [3.63, 3.8) is 0 Å². The molecule has 0 aromatic carbocycles. The lowest BCUT2D eigenvalue weighted by Crippen LogP contribution is -2.77. The number of aliphatic hydroxyl groups excluding tert-OH is 1. The highest BCUT2D eigenvalue weighted by Crippen LogP contribution is 2.73. The molecule has 0 amide bonds. The van der Waals surface area contributed by atoms with Crippen LogP contribution in [0.25, 0.3) is 0 Å². The number of carbonyl (C=O) groups is 4. The average molecular weight is 529 g/mol. The standard InChI is InChI=1S/C28H32O10/c1-23-11-17(36-18(31)12-23)25(3)28-20(23)21(32)27(35-4,38-28)19-14(8-9-26(28,34)22(33)37-25)24(2)13(10-15(19)29)6-5-7-16(24)30/h5,7,10,14-15,17,19-20,29,34H,6,8-9,11-12H2,1-4H3. The molecule has 4 bridgehead atoms. The predicted molar refractivity (Wildman–Crippen MR) is 126 cm³/mol. The monoisotopic (exact) mass is 528 g/mol. The Kier molecular flexibility index (Phi) is 4.43. The number of carbonyl (C=O) groups excluding carboxylic acids is 4. The van der Waals surface area contributed by atoms with Gasteiger partial charge in [0, 0.05) is 7.11 Å². The highest BCUT2D eigenvalue weighted by molar-refractivity contribution is 6.01. The van der Waals surface area contributed by atoms with Gasteiger partial charge in [-0.15, -0.1) is 0 Å². The summed E-state index contributed by atoms with van der Waals surface area (Å²) in [6.07, 6.45) is 3.21. The van der Waals surface area contributed by atoms with Gasteiger partial charge in [-0.1, -0.05) is 24.6 Å². The van der Waals surface area contributed by atoms with Gasteiger partial charge in [0.1, 0.15) is 6.10 Å². The first kappa shape index (κ1) is 24.6. The van der Waals surface area contributed by atoms with E-state index in [2.05, 4.69) is 0 Å². The minimum absolute atomic E-state index is 0.118. The van der Waals surface area contributed by atoms with E-state index in [4.69, 9.17) is 18.9 Å². The molecule has 0 radical (unpaired) electrons. The molecule has 10 nitrogen and oxygen atoms in total. The number of methoxy groups -OCH3 is 1. The molecule has 11 unspecified atom stereocenters. The van der Waals surface area contributed by atoms with Crippen LogP contribution in [0.5, 0.6) is 0 Å². The Morgan fingerprint density at radius 3 is 2.58 bits per heavy atom. The number of fused-ring (bicyclic) bond motifs is 9. The maximum Gasteiger partial charge on any atom is 0.342 e. The Hall–Kier alpha value is -2.40. The lowest BCUT2D eigenvalue weighted by Gasteiger charge is -2.60. The fraction of sp³-hybridized carbons (Fsp3) is 0.714. The molecule has 38 heavy (non-hydrogen) atoms. The van der Waals surface area contributed by atoms with Crippen LogP contribution < -0.4 is 0 Å². The zero-order valence-electron chi connectivity index (χ0n) is 21.8. The Morgan fingerprint density at radius 1 is 1.13 bits per heavy atom. The van der Waals surface area contributed by atoms with E-state index in [1.165, 1.54) is 13.2 Å². The quantitative estimate of drug-likeness (QED) is 0.372. The Balaban J connectivity index is 1.53. The van der Waals surface area contributed by atoms with Crippen molar-refractivity contribution in [1.29, 1.82) is 0 Å². The van der Waals surface area contributed by atoms with Crippen molar-refractivity contribution < 1.29 is 48.3 Å². The topological polar surface area (TPSA) is 146 Å². The highest BCUT2D eigenvalue weighted by atomic mass is 16.7. The molecular weight excluding hydrogens is 496 g/mol. The number of hydrogen-bond acceptors (Lipinski definition) is 10.